The largest absolute Gasteiger partial charge is 0.496 e. The minimum atomic E-state index is -0.193. The highest BCUT2D eigenvalue weighted by Crippen LogP contribution is 2.42. The average Bonchev–Trinajstić information content (AvgIpc) is 3.29. The van der Waals surface area contributed by atoms with Gasteiger partial charge in [-0.1, -0.05) is 41.7 Å². The Kier molecular flexibility index (Phi) is 4.07. The second kappa shape index (κ2) is 6.60. The van der Waals surface area contributed by atoms with E-state index in [0.717, 1.165) is 34.5 Å². The number of thiazole rings is 1. The summed E-state index contributed by atoms with van der Waals surface area (Å²) >= 11 is 1.53. The van der Waals surface area contributed by atoms with Crippen LogP contribution in [0.2, 0.25) is 0 Å². The molecule has 3 aromatic rings. The molecule has 0 bridgehead atoms. The summed E-state index contributed by atoms with van der Waals surface area (Å²) in [4.78, 5) is 18.0. The van der Waals surface area contributed by atoms with E-state index in [1.54, 1.807) is 12.1 Å². The SMILES string of the molecule is COc1ccccc1C1CCNC2NN(c3nc4ccccc4s3)C(=O)C21. The van der Waals surface area contributed by atoms with Crippen LogP contribution in [0.25, 0.3) is 10.2 Å². The third-order valence-electron chi connectivity index (χ3n) is 5.40. The number of hydrogen-bond donors (Lipinski definition) is 2. The Morgan fingerprint density at radius 2 is 2.00 bits per heavy atom. The molecule has 2 fully saturated rings. The highest BCUT2D eigenvalue weighted by Gasteiger charge is 2.49. The summed E-state index contributed by atoms with van der Waals surface area (Å²) in [5.74, 6) is 0.811. The number of benzene rings is 2. The topological polar surface area (TPSA) is 66.5 Å². The Bertz CT molecular complexity index is 971. The predicted octanol–water partition coefficient (Wildman–Crippen LogP) is 2.88. The molecule has 2 aromatic carbocycles. The van der Waals surface area contributed by atoms with Crippen molar-refractivity contribution in [2.45, 2.75) is 18.5 Å². The Labute approximate surface area is 161 Å². The maximum atomic E-state index is 13.3. The molecule has 138 valence electrons. The summed E-state index contributed by atoms with van der Waals surface area (Å²) in [6.07, 6.45) is 0.788. The summed E-state index contributed by atoms with van der Waals surface area (Å²) < 4.78 is 6.63. The first kappa shape index (κ1) is 16.7. The van der Waals surface area contributed by atoms with Crippen LogP contribution in [0, 0.1) is 5.92 Å². The lowest BCUT2D eigenvalue weighted by Gasteiger charge is -2.32. The number of carbonyl (C=O) groups is 1. The molecule has 3 atom stereocenters. The molecule has 5 rings (SSSR count). The van der Waals surface area contributed by atoms with Crippen molar-refractivity contribution in [3.63, 3.8) is 0 Å². The average molecular weight is 380 g/mol. The molecule has 6 nitrogen and oxygen atoms in total. The lowest BCUT2D eigenvalue weighted by Crippen LogP contribution is -2.50. The van der Waals surface area contributed by atoms with E-state index < -0.39 is 0 Å². The normalized spacial score (nSPS) is 25.0. The molecule has 0 saturated carbocycles. The number of carbonyl (C=O) groups excluding carboxylic acids is 1. The van der Waals surface area contributed by atoms with Gasteiger partial charge < -0.3 is 4.74 Å². The third kappa shape index (κ3) is 2.70. The van der Waals surface area contributed by atoms with Crippen molar-refractivity contribution in [1.29, 1.82) is 0 Å². The van der Waals surface area contributed by atoms with Crippen molar-refractivity contribution in [1.82, 2.24) is 15.7 Å². The zero-order valence-electron chi connectivity index (χ0n) is 14.9. The molecule has 1 aromatic heterocycles. The Morgan fingerprint density at radius 1 is 1.19 bits per heavy atom. The number of ether oxygens (including phenoxy) is 1. The summed E-state index contributed by atoms with van der Waals surface area (Å²) in [6, 6.07) is 16.0. The van der Waals surface area contributed by atoms with Crippen molar-refractivity contribution >= 4 is 32.6 Å². The van der Waals surface area contributed by atoms with Gasteiger partial charge in [-0.05, 0) is 36.7 Å². The van der Waals surface area contributed by atoms with Crippen LogP contribution in [0.15, 0.2) is 48.5 Å². The monoisotopic (exact) mass is 380 g/mol. The summed E-state index contributed by atoms with van der Waals surface area (Å²) in [5.41, 5.74) is 5.35. The number of methoxy groups -OCH3 is 1. The first-order valence-electron chi connectivity index (χ1n) is 9.08. The van der Waals surface area contributed by atoms with Gasteiger partial charge in [0.15, 0.2) is 0 Å². The molecule has 3 heterocycles. The van der Waals surface area contributed by atoms with E-state index in [1.807, 2.05) is 42.5 Å². The van der Waals surface area contributed by atoms with Gasteiger partial charge in [-0.25, -0.2) is 15.4 Å². The number of hydrogen-bond acceptors (Lipinski definition) is 6. The zero-order chi connectivity index (χ0) is 18.4. The molecule has 0 aliphatic carbocycles. The van der Waals surface area contributed by atoms with Crippen LogP contribution in [0.1, 0.15) is 17.9 Å². The number of para-hydroxylation sites is 2. The first-order valence-corrected chi connectivity index (χ1v) is 9.90. The highest BCUT2D eigenvalue weighted by atomic mass is 32.1. The molecule has 1 amide bonds. The Hall–Kier alpha value is -2.48. The molecule has 2 saturated heterocycles. The van der Waals surface area contributed by atoms with Crippen LogP contribution in [0.4, 0.5) is 5.13 Å². The number of hydrazine groups is 1. The van der Waals surface area contributed by atoms with Crippen LogP contribution in [0.3, 0.4) is 0 Å². The smallest absolute Gasteiger partial charge is 0.250 e. The van der Waals surface area contributed by atoms with Gasteiger partial charge in [0, 0.05) is 5.92 Å². The third-order valence-corrected chi connectivity index (χ3v) is 6.42. The molecular formula is C20H20N4O2S. The number of rotatable bonds is 3. The van der Waals surface area contributed by atoms with Crippen LogP contribution in [-0.2, 0) is 4.79 Å². The first-order chi connectivity index (χ1) is 13.3. The summed E-state index contributed by atoms with van der Waals surface area (Å²) in [6.45, 7) is 0.845. The fourth-order valence-corrected chi connectivity index (χ4v) is 5.09. The number of nitrogens with one attached hydrogen (secondary N) is 2. The van der Waals surface area contributed by atoms with E-state index in [1.165, 1.54) is 11.3 Å². The van der Waals surface area contributed by atoms with Gasteiger partial charge in [-0.15, -0.1) is 0 Å². The van der Waals surface area contributed by atoms with E-state index in [9.17, 15) is 4.79 Å². The summed E-state index contributed by atoms with van der Waals surface area (Å²) in [5, 5.41) is 5.76. The maximum Gasteiger partial charge on any atom is 0.250 e. The lowest BCUT2D eigenvalue weighted by molar-refractivity contribution is -0.121. The van der Waals surface area contributed by atoms with Gasteiger partial charge in [-0.2, -0.15) is 0 Å². The van der Waals surface area contributed by atoms with Crippen molar-refractivity contribution in [2.75, 3.05) is 18.7 Å². The Balaban J connectivity index is 1.50. The molecule has 2 aliphatic rings. The Morgan fingerprint density at radius 3 is 2.85 bits per heavy atom. The fraction of sp³-hybridized carbons (Fsp3) is 0.300. The molecule has 7 heteroatoms. The maximum absolute atomic E-state index is 13.3. The molecule has 2 N–H and O–H groups in total. The second-order valence-electron chi connectivity index (χ2n) is 6.86. The van der Waals surface area contributed by atoms with E-state index in [-0.39, 0.29) is 23.9 Å². The predicted molar refractivity (Wildman–Crippen MR) is 106 cm³/mol. The van der Waals surface area contributed by atoms with Crippen molar-refractivity contribution < 1.29 is 9.53 Å². The molecule has 3 unspecified atom stereocenters. The minimum Gasteiger partial charge on any atom is -0.496 e. The van der Waals surface area contributed by atoms with Crippen LogP contribution in [-0.4, -0.2) is 30.7 Å². The molecular weight excluding hydrogens is 360 g/mol. The molecule has 0 spiro atoms. The van der Waals surface area contributed by atoms with Gasteiger partial charge in [0.1, 0.15) is 5.75 Å². The second-order valence-corrected chi connectivity index (χ2v) is 7.87. The van der Waals surface area contributed by atoms with Gasteiger partial charge in [0.05, 0.1) is 29.4 Å². The molecule has 27 heavy (non-hydrogen) atoms. The molecule has 0 radical (unpaired) electrons. The fourth-order valence-electron chi connectivity index (χ4n) is 4.15. The zero-order valence-corrected chi connectivity index (χ0v) is 15.7. The van der Waals surface area contributed by atoms with Crippen molar-refractivity contribution in [2.24, 2.45) is 5.92 Å². The highest BCUT2D eigenvalue weighted by molar-refractivity contribution is 7.22. The number of amides is 1. The van der Waals surface area contributed by atoms with E-state index in [4.69, 9.17) is 4.74 Å². The van der Waals surface area contributed by atoms with Gasteiger partial charge in [-0.3, -0.25) is 10.1 Å². The van der Waals surface area contributed by atoms with Crippen LogP contribution in [0.5, 0.6) is 5.75 Å². The minimum absolute atomic E-state index is 0.0576. The lowest BCUT2D eigenvalue weighted by atomic mass is 9.79. The van der Waals surface area contributed by atoms with Crippen LogP contribution >= 0.6 is 11.3 Å². The number of nitrogens with zero attached hydrogens (tertiary/aromatic N) is 2. The number of anilines is 1. The van der Waals surface area contributed by atoms with Crippen LogP contribution < -0.4 is 20.5 Å². The number of aromatic nitrogens is 1. The number of fused-ring (bicyclic) bond motifs is 2. The van der Waals surface area contributed by atoms with Gasteiger partial charge in [0.2, 0.25) is 11.0 Å². The van der Waals surface area contributed by atoms with E-state index in [0.29, 0.717) is 5.13 Å². The van der Waals surface area contributed by atoms with E-state index >= 15 is 0 Å². The van der Waals surface area contributed by atoms with Crippen molar-refractivity contribution in [3.8, 4) is 5.75 Å². The van der Waals surface area contributed by atoms with Gasteiger partial charge in [0.25, 0.3) is 0 Å². The molecule has 2 aliphatic heterocycles. The summed E-state index contributed by atoms with van der Waals surface area (Å²) in [7, 11) is 1.68. The van der Waals surface area contributed by atoms with Gasteiger partial charge >= 0.3 is 0 Å². The van der Waals surface area contributed by atoms with Crippen molar-refractivity contribution in [3.05, 3.63) is 54.1 Å². The quantitative estimate of drug-likeness (QED) is 0.731. The standard InChI is InChI=1S/C20H20N4O2S/c1-26-15-8-4-2-6-12(15)13-10-11-21-18-17(13)19(25)24(23-18)20-22-14-7-3-5-9-16(14)27-20/h2-9,13,17-18,21,23H,10-11H2,1H3. The number of piperidine rings is 1. The van der Waals surface area contributed by atoms with E-state index in [2.05, 4.69) is 21.8 Å².